The van der Waals surface area contributed by atoms with Gasteiger partial charge in [-0.2, -0.15) is 13.2 Å². The van der Waals surface area contributed by atoms with Crippen molar-refractivity contribution < 1.29 is 32.6 Å². The number of hydrogen-bond acceptors (Lipinski definition) is 6. The number of allylic oxidation sites excluding steroid dienone is 1. The normalized spacial score (nSPS) is 18.9. The smallest absolute Gasteiger partial charge is 0.416 e. The average Bonchev–Trinajstić information content (AvgIpc) is 3.01. The van der Waals surface area contributed by atoms with Crippen LogP contribution in [0.25, 0.3) is 0 Å². The van der Waals surface area contributed by atoms with Gasteiger partial charge in [-0.15, -0.1) is 0 Å². The Kier molecular flexibility index (Phi) is 5.74. The third kappa shape index (κ3) is 4.16. The van der Waals surface area contributed by atoms with Crippen molar-refractivity contribution in [3.8, 4) is 0 Å². The Morgan fingerprint density at radius 2 is 1.93 bits per heavy atom. The van der Waals surface area contributed by atoms with Gasteiger partial charge in [0.05, 0.1) is 35.9 Å². The third-order valence-electron chi connectivity index (χ3n) is 4.38. The van der Waals surface area contributed by atoms with Crippen molar-refractivity contribution in [3.05, 3.63) is 57.8 Å². The Morgan fingerprint density at radius 1 is 1.28 bits per heavy atom. The number of thioether (sulfide) groups is 1. The number of benzene rings is 1. The van der Waals surface area contributed by atoms with E-state index in [2.05, 4.69) is 4.99 Å². The number of hydrogen-bond donors (Lipinski definition) is 1. The van der Waals surface area contributed by atoms with E-state index in [0.29, 0.717) is 22.1 Å². The molecule has 2 heterocycles. The number of halogens is 3. The SMILES string of the molecule is CCOC(=O)C1=C(C)N=C2SC=C(CC(=O)O)N2C1c1ccc(C(F)(F)F)cc1. The van der Waals surface area contributed by atoms with Gasteiger partial charge in [0.15, 0.2) is 5.17 Å². The summed E-state index contributed by atoms with van der Waals surface area (Å²) < 4.78 is 44.0. The monoisotopic (exact) mass is 426 g/mol. The van der Waals surface area contributed by atoms with E-state index in [1.54, 1.807) is 24.2 Å². The summed E-state index contributed by atoms with van der Waals surface area (Å²) in [5, 5.41) is 11.3. The molecule has 1 atom stereocenters. The van der Waals surface area contributed by atoms with Gasteiger partial charge in [0.2, 0.25) is 0 Å². The number of fused-ring (bicyclic) bond motifs is 1. The molecule has 0 bridgehead atoms. The van der Waals surface area contributed by atoms with Crippen LogP contribution in [0.2, 0.25) is 0 Å². The molecule has 1 N–H and O–H groups in total. The molecule has 0 saturated carbocycles. The van der Waals surface area contributed by atoms with Crippen LogP contribution in [0, 0.1) is 0 Å². The van der Waals surface area contributed by atoms with Crippen molar-refractivity contribution >= 4 is 28.9 Å². The number of aliphatic imine (C=N–C) groups is 1. The molecule has 1 aromatic rings. The van der Waals surface area contributed by atoms with Gasteiger partial charge in [0, 0.05) is 5.70 Å². The predicted molar refractivity (Wildman–Crippen MR) is 101 cm³/mol. The largest absolute Gasteiger partial charge is 0.481 e. The number of carbonyl (C=O) groups is 2. The second-order valence-electron chi connectivity index (χ2n) is 6.30. The number of rotatable bonds is 5. The molecule has 0 aromatic heterocycles. The lowest BCUT2D eigenvalue weighted by atomic mass is 9.93. The first-order chi connectivity index (χ1) is 13.6. The van der Waals surface area contributed by atoms with Crippen molar-refractivity contribution in [2.24, 2.45) is 4.99 Å². The van der Waals surface area contributed by atoms with Crippen LogP contribution >= 0.6 is 11.8 Å². The van der Waals surface area contributed by atoms with Crippen LogP contribution in [-0.2, 0) is 20.5 Å². The van der Waals surface area contributed by atoms with Crippen molar-refractivity contribution in [1.29, 1.82) is 0 Å². The average molecular weight is 426 g/mol. The van der Waals surface area contributed by atoms with E-state index in [1.165, 1.54) is 23.9 Å². The minimum absolute atomic E-state index is 0.110. The van der Waals surface area contributed by atoms with Crippen LogP contribution in [0.5, 0.6) is 0 Å². The lowest BCUT2D eigenvalue weighted by Gasteiger charge is -2.36. The van der Waals surface area contributed by atoms with E-state index in [0.717, 1.165) is 12.1 Å². The molecular weight excluding hydrogens is 409 g/mol. The molecule has 0 spiro atoms. The molecule has 1 aromatic carbocycles. The van der Waals surface area contributed by atoms with Gasteiger partial charge in [-0.25, -0.2) is 9.79 Å². The number of amidine groups is 1. The first kappa shape index (κ1) is 21.0. The molecule has 1 unspecified atom stereocenters. The van der Waals surface area contributed by atoms with E-state index in [4.69, 9.17) is 4.74 Å². The summed E-state index contributed by atoms with van der Waals surface area (Å²) in [6.07, 6.45) is -4.82. The van der Waals surface area contributed by atoms with Crippen LogP contribution in [-0.4, -0.2) is 33.7 Å². The number of aliphatic carboxylic acids is 1. The topological polar surface area (TPSA) is 79.2 Å². The fraction of sp³-hybridized carbons (Fsp3) is 0.316. The summed E-state index contributed by atoms with van der Waals surface area (Å²) >= 11 is 1.20. The Labute approximate surface area is 168 Å². The molecular formula is C19H17F3N2O4S. The van der Waals surface area contributed by atoms with E-state index in [9.17, 15) is 27.9 Å². The highest BCUT2D eigenvalue weighted by atomic mass is 32.2. The molecule has 6 nitrogen and oxygen atoms in total. The van der Waals surface area contributed by atoms with Crippen LogP contribution in [0.1, 0.15) is 37.4 Å². The van der Waals surface area contributed by atoms with Gasteiger partial charge < -0.3 is 14.7 Å². The summed E-state index contributed by atoms with van der Waals surface area (Å²) in [6, 6.07) is 3.59. The van der Waals surface area contributed by atoms with Gasteiger partial charge in [-0.1, -0.05) is 23.9 Å². The predicted octanol–water partition coefficient (Wildman–Crippen LogP) is 4.32. The van der Waals surface area contributed by atoms with Crippen molar-refractivity contribution in [1.82, 2.24) is 4.90 Å². The van der Waals surface area contributed by atoms with Crippen molar-refractivity contribution in [3.63, 3.8) is 0 Å². The highest BCUT2D eigenvalue weighted by Gasteiger charge is 2.41. The second-order valence-corrected chi connectivity index (χ2v) is 7.14. The molecule has 2 aliphatic rings. The molecule has 10 heteroatoms. The Morgan fingerprint density at radius 3 is 2.48 bits per heavy atom. The van der Waals surface area contributed by atoms with Gasteiger partial charge >= 0.3 is 18.1 Å². The number of carboxylic acid groups (broad SMARTS) is 1. The lowest BCUT2D eigenvalue weighted by molar-refractivity contribution is -0.139. The molecule has 0 amide bonds. The summed E-state index contributed by atoms with van der Waals surface area (Å²) in [4.78, 5) is 29.9. The van der Waals surface area contributed by atoms with E-state index < -0.39 is 29.7 Å². The van der Waals surface area contributed by atoms with Crippen molar-refractivity contribution in [2.75, 3.05) is 6.61 Å². The summed E-state index contributed by atoms with van der Waals surface area (Å²) in [6.45, 7) is 3.36. The van der Waals surface area contributed by atoms with Gasteiger partial charge in [-0.05, 0) is 37.0 Å². The minimum atomic E-state index is -4.49. The maximum absolute atomic E-state index is 13.0. The maximum atomic E-state index is 13.0. The number of carbonyl (C=O) groups excluding carboxylic acids is 1. The van der Waals surface area contributed by atoms with Crippen LogP contribution in [0.3, 0.4) is 0 Å². The number of nitrogens with zero attached hydrogens (tertiary/aromatic N) is 2. The molecule has 0 radical (unpaired) electrons. The Bertz CT molecular complexity index is 936. The Hall–Kier alpha value is -2.75. The molecule has 29 heavy (non-hydrogen) atoms. The Balaban J connectivity index is 2.11. The molecule has 2 aliphatic heterocycles. The van der Waals surface area contributed by atoms with Crippen LogP contribution in [0.4, 0.5) is 13.2 Å². The van der Waals surface area contributed by atoms with Crippen LogP contribution in [0.15, 0.2) is 51.6 Å². The van der Waals surface area contributed by atoms with E-state index >= 15 is 0 Å². The molecule has 154 valence electrons. The van der Waals surface area contributed by atoms with E-state index in [1.807, 2.05) is 0 Å². The zero-order valence-electron chi connectivity index (χ0n) is 15.5. The van der Waals surface area contributed by atoms with E-state index in [-0.39, 0.29) is 18.6 Å². The molecule has 0 fully saturated rings. The quantitative estimate of drug-likeness (QED) is 0.707. The zero-order chi connectivity index (χ0) is 21.3. The van der Waals surface area contributed by atoms with Crippen LogP contribution < -0.4 is 0 Å². The fourth-order valence-corrected chi connectivity index (χ4v) is 4.13. The standard InChI is InChI=1S/C19H17F3N2O4S/c1-3-28-17(27)15-10(2)23-18-24(13(9-29-18)8-14(25)26)16(15)11-4-6-12(7-5-11)19(20,21)22/h4-7,9,16H,3,8H2,1-2H3,(H,25,26). The summed E-state index contributed by atoms with van der Waals surface area (Å²) in [7, 11) is 0. The van der Waals surface area contributed by atoms with Gasteiger partial charge in [0.25, 0.3) is 0 Å². The molecule has 0 aliphatic carbocycles. The first-order valence-electron chi connectivity index (χ1n) is 8.64. The van der Waals surface area contributed by atoms with Gasteiger partial charge in [0.1, 0.15) is 0 Å². The molecule has 0 saturated heterocycles. The lowest BCUT2D eigenvalue weighted by Crippen LogP contribution is -2.37. The highest BCUT2D eigenvalue weighted by Crippen LogP contribution is 2.45. The minimum Gasteiger partial charge on any atom is -0.481 e. The third-order valence-corrected chi connectivity index (χ3v) is 5.27. The summed E-state index contributed by atoms with van der Waals surface area (Å²) in [5.74, 6) is -1.72. The summed E-state index contributed by atoms with van der Waals surface area (Å²) in [5.41, 5.74) is 0.500. The number of ether oxygens (including phenoxy) is 1. The number of esters is 1. The first-order valence-corrected chi connectivity index (χ1v) is 9.52. The number of carboxylic acids is 1. The van der Waals surface area contributed by atoms with Gasteiger partial charge in [-0.3, -0.25) is 4.79 Å². The maximum Gasteiger partial charge on any atom is 0.416 e. The molecule has 3 rings (SSSR count). The van der Waals surface area contributed by atoms with Crippen molar-refractivity contribution in [2.45, 2.75) is 32.5 Å². The highest BCUT2D eigenvalue weighted by molar-refractivity contribution is 8.16. The second kappa shape index (κ2) is 7.94. The fourth-order valence-electron chi connectivity index (χ4n) is 3.16. The number of alkyl halides is 3. The zero-order valence-corrected chi connectivity index (χ0v) is 16.3.